The van der Waals surface area contributed by atoms with Gasteiger partial charge in [0, 0.05) is 30.9 Å². The maximum Gasteiger partial charge on any atom is 0.248 e. The number of carbonyl (C=O) groups excluding carboxylic acids is 1. The fourth-order valence-electron chi connectivity index (χ4n) is 1.78. The minimum absolute atomic E-state index is 0.102. The van der Waals surface area contributed by atoms with Crippen LogP contribution in [0.4, 0.5) is 0 Å². The molecule has 0 saturated carbocycles. The van der Waals surface area contributed by atoms with Gasteiger partial charge in [0.1, 0.15) is 5.82 Å². The van der Waals surface area contributed by atoms with E-state index in [0.717, 1.165) is 5.82 Å². The number of aromatic amines is 1. The molecule has 21 heavy (non-hydrogen) atoms. The van der Waals surface area contributed by atoms with E-state index in [1.54, 1.807) is 12.4 Å². The molecule has 2 aromatic rings. The molecule has 8 heteroatoms. The van der Waals surface area contributed by atoms with Crippen LogP contribution < -0.4 is 10.5 Å². The number of nitrogens with zero attached hydrogens (tertiary/aromatic N) is 1. The Kier molecular flexibility index (Phi) is 4.71. The molecule has 0 aliphatic rings. The SMILES string of the molecule is NC(=O)c1ccc(S(=O)(=O)NCCCc2ncc[nH]2)cc1. The highest BCUT2D eigenvalue weighted by atomic mass is 32.2. The van der Waals surface area contributed by atoms with Gasteiger partial charge >= 0.3 is 0 Å². The first-order chi connectivity index (χ1) is 9.99. The first kappa shape index (κ1) is 15.2. The molecule has 2 rings (SSSR count). The van der Waals surface area contributed by atoms with Gasteiger partial charge in [-0.2, -0.15) is 0 Å². The second-order valence-electron chi connectivity index (χ2n) is 4.43. The summed E-state index contributed by atoms with van der Waals surface area (Å²) in [5, 5.41) is 0. The van der Waals surface area contributed by atoms with Gasteiger partial charge in [-0.15, -0.1) is 0 Å². The summed E-state index contributed by atoms with van der Waals surface area (Å²) in [6.45, 7) is 0.306. The Morgan fingerprint density at radius 2 is 2.00 bits per heavy atom. The molecule has 1 aromatic carbocycles. The van der Waals surface area contributed by atoms with Crippen molar-refractivity contribution in [3.8, 4) is 0 Å². The molecule has 0 unspecified atom stereocenters. The van der Waals surface area contributed by atoms with Gasteiger partial charge in [0.15, 0.2) is 0 Å². The zero-order valence-corrected chi connectivity index (χ0v) is 12.1. The van der Waals surface area contributed by atoms with E-state index in [4.69, 9.17) is 5.73 Å². The smallest absolute Gasteiger partial charge is 0.248 e. The first-order valence-corrected chi connectivity index (χ1v) is 7.85. The Morgan fingerprint density at radius 1 is 1.29 bits per heavy atom. The van der Waals surface area contributed by atoms with Crippen LogP contribution in [-0.2, 0) is 16.4 Å². The van der Waals surface area contributed by atoms with Crippen LogP contribution in [0.1, 0.15) is 22.6 Å². The van der Waals surface area contributed by atoms with Crippen molar-refractivity contribution in [3.05, 3.63) is 48.0 Å². The number of nitrogens with one attached hydrogen (secondary N) is 2. The molecule has 1 amide bonds. The summed E-state index contributed by atoms with van der Waals surface area (Å²) in [5.41, 5.74) is 5.37. The summed E-state index contributed by atoms with van der Waals surface area (Å²) >= 11 is 0. The lowest BCUT2D eigenvalue weighted by molar-refractivity contribution is 0.1000. The molecule has 0 fully saturated rings. The van der Waals surface area contributed by atoms with Crippen molar-refractivity contribution in [2.45, 2.75) is 17.7 Å². The molecule has 0 bridgehead atoms. The van der Waals surface area contributed by atoms with Crippen LogP contribution in [0.2, 0.25) is 0 Å². The lowest BCUT2D eigenvalue weighted by Crippen LogP contribution is -2.25. The Bertz CT molecular complexity index is 694. The molecular weight excluding hydrogens is 292 g/mol. The number of aromatic nitrogens is 2. The van der Waals surface area contributed by atoms with Crippen LogP contribution in [-0.4, -0.2) is 30.8 Å². The largest absolute Gasteiger partial charge is 0.366 e. The van der Waals surface area contributed by atoms with Crippen molar-refractivity contribution in [1.82, 2.24) is 14.7 Å². The van der Waals surface area contributed by atoms with Gasteiger partial charge < -0.3 is 10.7 Å². The minimum Gasteiger partial charge on any atom is -0.366 e. The first-order valence-electron chi connectivity index (χ1n) is 6.37. The number of amides is 1. The Morgan fingerprint density at radius 3 is 2.57 bits per heavy atom. The van der Waals surface area contributed by atoms with E-state index in [0.29, 0.717) is 19.4 Å². The second kappa shape index (κ2) is 6.51. The summed E-state index contributed by atoms with van der Waals surface area (Å²) in [5.74, 6) is 0.227. The summed E-state index contributed by atoms with van der Waals surface area (Å²) in [4.78, 5) is 18.0. The van der Waals surface area contributed by atoms with Gasteiger partial charge in [-0.1, -0.05) is 0 Å². The van der Waals surface area contributed by atoms with Crippen LogP contribution in [0.3, 0.4) is 0 Å². The maximum atomic E-state index is 12.0. The van der Waals surface area contributed by atoms with Crippen LogP contribution >= 0.6 is 0 Å². The number of hydrogen-bond acceptors (Lipinski definition) is 4. The zero-order chi connectivity index (χ0) is 15.3. The molecule has 0 spiro atoms. The third-order valence-electron chi connectivity index (χ3n) is 2.89. The zero-order valence-electron chi connectivity index (χ0n) is 11.2. The lowest BCUT2D eigenvalue weighted by atomic mass is 10.2. The summed E-state index contributed by atoms with van der Waals surface area (Å²) in [6, 6.07) is 5.49. The molecule has 4 N–H and O–H groups in total. The number of sulfonamides is 1. The van der Waals surface area contributed by atoms with Crippen molar-refractivity contribution in [2.75, 3.05) is 6.54 Å². The molecule has 0 saturated heterocycles. The highest BCUT2D eigenvalue weighted by Gasteiger charge is 2.13. The number of benzene rings is 1. The number of nitrogens with two attached hydrogens (primary N) is 1. The number of aryl methyl sites for hydroxylation is 1. The number of H-pyrrole nitrogens is 1. The van der Waals surface area contributed by atoms with E-state index in [-0.39, 0.29) is 10.5 Å². The van der Waals surface area contributed by atoms with Crippen molar-refractivity contribution in [3.63, 3.8) is 0 Å². The van der Waals surface area contributed by atoms with Gasteiger partial charge in [0.25, 0.3) is 0 Å². The van der Waals surface area contributed by atoms with Crippen molar-refractivity contribution < 1.29 is 13.2 Å². The molecule has 112 valence electrons. The predicted molar refractivity (Wildman–Crippen MR) is 77.1 cm³/mol. The van der Waals surface area contributed by atoms with E-state index in [1.165, 1.54) is 24.3 Å². The Balaban J connectivity index is 1.90. The summed E-state index contributed by atoms with van der Waals surface area (Å²) < 4.78 is 26.5. The normalized spacial score (nSPS) is 11.4. The van der Waals surface area contributed by atoms with Gasteiger partial charge in [0.2, 0.25) is 15.9 Å². The molecular formula is C13H16N4O3S. The number of imidazole rings is 1. The quantitative estimate of drug-likeness (QED) is 0.642. The summed E-state index contributed by atoms with van der Waals surface area (Å²) in [6.07, 6.45) is 4.67. The minimum atomic E-state index is -3.58. The van der Waals surface area contributed by atoms with Crippen LogP contribution in [0.5, 0.6) is 0 Å². The highest BCUT2D eigenvalue weighted by Crippen LogP contribution is 2.10. The van der Waals surface area contributed by atoms with Gasteiger partial charge in [-0.3, -0.25) is 4.79 Å². The molecule has 7 nitrogen and oxygen atoms in total. The van der Waals surface area contributed by atoms with Gasteiger partial charge in [0.05, 0.1) is 4.90 Å². The average Bonchev–Trinajstić information content (AvgIpc) is 2.97. The van der Waals surface area contributed by atoms with Crippen molar-refractivity contribution in [1.29, 1.82) is 0 Å². The second-order valence-corrected chi connectivity index (χ2v) is 6.19. The average molecular weight is 308 g/mol. The molecule has 0 atom stereocenters. The number of rotatable bonds is 7. The number of carbonyl (C=O) groups is 1. The fourth-order valence-corrected chi connectivity index (χ4v) is 2.85. The molecule has 0 aliphatic heterocycles. The predicted octanol–water partition coefficient (Wildman–Crippen LogP) is 0.420. The Labute approximate surface area is 122 Å². The topological polar surface area (TPSA) is 118 Å². The highest BCUT2D eigenvalue weighted by molar-refractivity contribution is 7.89. The number of primary amides is 1. The molecule has 1 heterocycles. The van der Waals surface area contributed by atoms with Crippen LogP contribution in [0.15, 0.2) is 41.6 Å². The van der Waals surface area contributed by atoms with E-state index in [2.05, 4.69) is 14.7 Å². The van der Waals surface area contributed by atoms with E-state index < -0.39 is 15.9 Å². The lowest BCUT2D eigenvalue weighted by Gasteiger charge is -2.06. The standard InChI is InChI=1S/C13H16N4O3S/c14-13(18)10-3-5-11(6-4-10)21(19,20)17-7-1-2-12-15-8-9-16-12/h3-6,8-9,17H,1-2,7H2,(H2,14,18)(H,15,16). The molecule has 0 radical (unpaired) electrons. The molecule has 1 aromatic heterocycles. The van der Waals surface area contributed by atoms with E-state index in [1.807, 2.05) is 0 Å². The van der Waals surface area contributed by atoms with E-state index >= 15 is 0 Å². The third-order valence-corrected chi connectivity index (χ3v) is 4.36. The third kappa shape index (κ3) is 4.14. The number of hydrogen-bond donors (Lipinski definition) is 3. The Hall–Kier alpha value is -2.19. The fraction of sp³-hybridized carbons (Fsp3) is 0.231. The summed E-state index contributed by atoms with van der Waals surface area (Å²) in [7, 11) is -3.58. The maximum absolute atomic E-state index is 12.0. The van der Waals surface area contributed by atoms with Gasteiger partial charge in [-0.05, 0) is 30.7 Å². The monoisotopic (exact) mass is 308 g/mol. The molecule has 0 aliphatic carbocycles. The van der Waals surface area contributed by atoms with Crippen molar-refractivity contribution >= 4 is 15.9 Å². The van der Waals surface area contributed by atoms with E-state index in [9.17, 15) is 13.2 Å². The van der Waals surface area contributed by atoms with Crippen molar-refractivity contribution in [2.24, 2.45) is 5.73 Å². The van der Waals surface area contributed by atoms with Crippen LogP contribution in [0, 0.1) is 0 Å². The van der Waals surface area contributed by atoms with Gasteiger partial charge in [-0.25, -0.2) is 18.1 Å². The van der Waals surface area contributed by atoms with Crippen LogP contribution in [0.25, 0.3) is 0 Å².